The summed E-state index contributed by atoms with van der Waals surface area (Å²) in [6.45, 7) is 7.40. The smallest absolute Gasteiger partial charge is 0.253 e. The highest BCUT2D eigenvalue weighted by atomic mass is 19.1. The maximum Gasteiger partial charge on any atom is 0.253 e. The number of piperazine rings is 1. The molecule has 0 bridgehead atoms. The van der Waals surface area contributed by atoms with Crippen molar-refractivity contribution in [3.63, 3.8) is 0 Å². The van der Waals surface area contributed by atoms with E-state index in [2.05, 4.69) is 10.2 Å². The molecule has 1 aromatic carbocycles. The molecule has 2 rings (SSSR count). The number of hydrogen-bond acceptors (Lipinski definition) is 3. The molecule has 4 nitrogen and oxygen atoms in total. The Kier molecular flexibility index (Phi) is 5.09. The van der Waals surface area contributed by atoms with Crippen LogP contribution >= 0.6 is 0 Å². The number of carbonyl (C=O) groups excluding carboxylic acids is 1. The summed E-state index contributed by atoms with van der Waals surface area (Å²) >= 11 is 0. The first-order chi connectivity index (χ1) is 9.58. The van der Waals surface area contributed by atoms with Gasteiger partial charge in [0.05, 0.1) is 0 Å². The van der Waals surface area contributed by atoms with Crippen LogP contribution in [0.25, 0.3) is 0 Å². The van der Waals surface area contributed by atoms with Crippen LogP contribution in [0.15, 0.2) is 18.2 Å². The standard InChI is InChI=1S/C15H22FN3O/c1-12-11-13(16)3-4-14(12)15(20)18(2)9-10-19-7-5-17-6-8-19/h3-4,11,17H,5-10H2,1-2H3. The number of hydrogen-bond donors (Lipinski definition) is 1. The SMILES string of the molecule is Cc1cc(F)ccc1C(=O)N(C)CCN1CCNCC1. The van der Waals surface area contributed by atoms with Gasteiger partial charge < -0.3 is 10.2 Å². The zero-order chi connectivity index (χ0) is 14.5. The molecule has 5 heteroatoms. The molecule has 0 aliphatic carbocycles. The number of likely N-dealkylation sites (N-methyl/N-ethyl adjacent to an activating group) is 1. The van der Waals surface area contributed by atoms with Crippen molar-refractivity contribution >= 4 is 5.91 Å². The second-order valence-electron chi connectivity index (χ2n) is 5.28. The molecule has 1 amide bonds. The Bertz CT molecular complexity index is 472. The van der Waals surface area contributed by atoms with Gasteiger partial charge in [0.25, 0.3) is 5.91 Å². The molecule has 1 heterocycles. The van der Waals surface area contributed by atoms with Crippen LogP contribution in [-0.2, 0) is 0 Å². The van der Waals surface area contributed by atoms with Crippen LogP contribution in [0.5, 0.6) is 0 Å². The molecule has 0 spiro atoms. The summed E-state index contributed by atoms with van der Waals surface area (Å²) in [5, 5.41) is 3.31. The molecule has 1 saturated heterocycles. The Balaban J connectivity index is 1.90. The van der Waals surface area contributed by atoms with Crippen LogP contribution in [0.3, 0.4) is 0 Å². The van der Waals surface area contributed by atoms with Gasteiger partial charge in [-0.05, 0) is 30.7 Å². The lowest BCUT2D eigenvalue weighted by atomic mass is 10.1. The topological polar surface area (TPSA) is 35.6 Å². The van der Waals surface area contributed by atoms with Crippen LogP contribution < -0.4 is 5.32 Å². The Morgan fingerprint density at radius 1 is 1.40 bits per heavy atom. The molecule has 20 heavy (non-hydrogen) atoms. The Morgan fingerprint density at radius 3 is 2.75 bits per heavy atom. The van der Waals surface area contributed by atoms with E-state index < -0.39 is 0 Å². The number of nitrogens with zero attached hydrogens (tertiary/aromatic N) is 2. The number of halogens is 1. The van der Waals surface area contributed by atoms with Crippen LogP contribution in [0, 0.1) is 12.7 Å². The molecule has 1 aromatic rings. The zero-order valence-electron chi connectivity index (χ0n) is 12.2. The molecule has 0 aromatic heterocycles. The van der Waals surface area contributed by atoms with E-state index in [9.17, 15) is 9.18 Å². The number of amides is 1. The third-order valence-corrected chi connectivity index (χ3v) is 3.73. The van der Waals surface area contributed by atoms with E-state index in [1.165, 1.54) is 12.1 Å². The summed E-state index contributed by atoms with van der Waals surface area (Å²) in [5.41, 5.74) is 1.26. The van der Waals surface area contributed by atoms with Gasteiger partial charge in [-0.2, -0.15) is 0 Å². The van der Waals surface area contributed by atoms with Crippen LogP contribution in [-0.4, -0.2) is 62.0 Å². The third-order valence-electron chi connectivity index (χ3n) is 3.73. The summed E-state index contributed by atoms with van der Waals surface area (Å²) in [6.07, 6.45) is 0. The molecule has 1 fully saturated rings. The number of aryl methyl sites for hydroxylation is 1. The van der Waals surface area contributed by atoms with Crippen molar-refractivity contribution in [2.45, 2.75) is 6.92 Å². The summed E-state index contributed by atoms with van der Waals surface area (Å²) < 4.78 is 13.1. The second-order valence-corrected chi connectivity index (χ2v) is 5.28. The Morgan fingerprint density at radius 2 is 2.10 bits per heavy atom. The molecular weight excluding hydrogens is 257 g/mol. The molecule has 1 aliphatic rings. The van der Waals surface area contributed by atoms with E-state index in [0.29, 0.717) is 17.7 Å². The molecule has 1 N–H and O–H groups in total. The molecular formula is C15H22FN3O. The largest absolute Gasteiger partial charge is 0.340 e. The van der Waals surface area contributed by atoms with Gasteiger partial charge in [0.15, 0.2) is 0 Å². The zero-order valence-corrected chi connectivity index (χ0v) is 12.2. The predicted octanol–water partition coefficient (Wildman–Crippen LogP) is 1.11. The Labute approximate surface area is 119 Å². The van der Waals surface area contributed by atoms with E-state index in [1.807, 2.05) is 0 Å². The second kappa shape index (κ2) is 6.81. The first-order valence-electron chi connectivity index (χ1n) is 7.02. The minimum atomic E-state index is -0.303. The van der Waals surface area contributed by atoms with Crippen LogP contribution in [0.4, 0.5) is 4.39 Å². The van der Waals surface area contributed by atoms with Gasteiger partial charge in [-0.15, -0.1) is 0 Å². The average Bonchev–Trinajstić information content (AvgIpc) is 2.45. The summed E-state index contributed by atoms with van der Waals surface area (Å²) in [7, 11) is 1.80. The van der Waals surface area contributed by atoms with Crippen molar-refractivity contribution in [1.29, 1.82) is 0 Å². The van der Waals surface area contributed by atoms with Crippen molar-refractivity contribution < 1.29 is 9.18 Å². The number of rotatable bonds is 4. The monoisotopic (exact) mass is 279 g/mol. The van der Waals surface area contributed by atoms with Crippen molar-refractivity contribution in [3.8, 4) is 0 Å². The van der Waals surface area contributed by atoms with Crippen LogP contribution in [0.1, 0.15) is 15.9 Å². The van der Waals surface area contributed by atoms with E-state index >= 15 is 0 Å². The van der Waals surface area contributed by atoms with E-state index in [4.69, 9.17) is 0 Å². The lowest BCUT2D eigenvalue weighted by Crippen LogP contribution is -2.46. The fourth-order valence-electron chi connectivity index (χ4n) is 2.40. The van der Waals surface area contributed by atoms with Crippen molar-refractivity contribution in [2.75, 3.05) is 46.3 Å². The molecule has 1 aliphatic heterocycles. The normalized spacial score (nSPS) is 16.1. The fraction of sp³-hybridized carbons (Fsp3) is 0.533. The number of nitrogens with one attached hydrogen (secondary N) is 1. The van der Waals surface area contributed by atoms with E-state index in [1.54, 1.807) is 24.9 Å². The lowest BCUT2D eigenvalue weighted by molar-refractivity contribution is 0.0774. The maximum atomic E-state index is 13.1. The average molecular weight is 279 g/mol. The van der Waals surface area contributed by atoms with Gasteiger partial charge in [0.1, 0.15) is 5.82 Å². The predicted molar refractivity (Wildman–Crippen MR) is 77.4 cm³/mol. The molecule has 110 valence electrons. The van der Waals surface area contributed by atoms with E-state index in [-0.39, 0.29) is 11.7 Å². The third kappa shape index (κ3) is 3.77. The van der Waals surface area contributed by atoms with Gasteiger partial charge in [0.2, 0.25) is 0 Å². The fourth-order valence-corrected chi connectivity index (χ4v) is 2.40. The molecule has 0 radical (unpaired) electrons. The quantitative estimate of drug-likeness (QED) is 0.897. The minimum absolute atomic E-state index is 0.0439. The summed E-state index contributed by atoms with van der Waals surface area (Å²) in [6, 6.07) is 4.30. The van der Waals surface area contributed by atoms with Gasteiger partial charge in [-0.25, -0.2) is 4.39 Å². The molecule has 0 atom stereocenters. The highest BCUT2D eigenvalue weighted by Crippen LogP contribution is 2.12. The maximum absolute atomic E-state index is 13.1. The van der Waals surface area contributed by atoms with Gasteiger partial charge >= 0.3 is 0 Å². The minimum Gasteiger partial charge on any atom is -0.340 e. The Hall–Kier alpha value is -1.46. The van der Waals surface area contributed by atoms with Crippen molar-refractivity contribution in [3.05, 3.63) is 35.1 Å². The van der Waals surface area contributed by atoms with Gasteiger partial charge in [-0.3, -0.25) is 9.69 Å². The van der Waals surface area contributed by atoms with Crippen molar-refractivity contribution in [2.24, 2.45) is 0 Å². The molecule has 0 saturated carbocycles. The van der Waals surface area contributed by atoms with Gasteiger partial charge in [-0.1, -0.05) is 0 Å². The first-order valence-corrected chi connectivity index (χ1v) is 7.02. The van der Waals surface area contributed by atoms with Crippen molar-refractivity contribution in [1.82, 2.24) is 15.1 Å². The highest BCUT2D eigenvalue weighted by molar-refractivity contribution is 5.95. The van der Waals surface area contributed by atoms with Gasteiger partial charge in [0, 0.05) is 51.9 Å². The summed E-state index contributed by atoms with van der Waals surface area (Å²) in [4.78, 5) is 16.4. The van der Waals surface area contributed by atoms with E-state index in [0.717, 1.165) is 32.7 Å². The number of carbonyl (C=O) groups is 1. The lowest BCUT2D eigenvalue weighted by Gasteiger charge is -2.29. The highest BCUT2D eigenvalue weighted by Gasteiger charge is 2.16. The van der Waals surface area contributed by atoms with Crippen LogP contribution in [0.2, 0.25) is 0 Å². The molecule has 0 unspecified atom stereocenters. The number of benzene rings is 1. The summed E-state index contributed by atoms with van der Waals surface area (Å²) in [5.74, 6) is -0.347. The first kappa shape index (κ1) is 14.9.